The van der Waals surface area contributed by atoms with E-state index in [0.29, 0.717) is 17.4 Å². The monoisotopic (exact) mass is 366 g/mol. The first-order valence-electron chi connectivity index (χ1n) is 9.85. The average molecular weight is 367 g/mol. The van der Waals surface area contributed by atoms with Crippen LogP contribution in [0.1, 0.15) is 69.3 Å². The molecule has 2 fully saturated rings. The minimum absolute atomic E-state index is 0.142. The van der Waals surface area contributed by atoms with Gasteiger partial charge in [0.05, 0.1) is 6.67 Å². The zero-order chi connectivity index (χ0) is 17.6. The molecule has 0 spiro atoms. The van der Waals surface area contributed by atoms with Crippen LogP contribution in [0.25, 0.3) is 0 Å². The maximum Gasteiger partial charge on any atom is 0.128 e. The van der Waals surface area contributed by atoms with Crippen molar-refractivity contribution in [3.63, 3.8) is 0 Å². The first-order valence-corrected chi connectivity index (χ1v) is 10.2. The summed E-state index contributed by atoms with van der Waals surface area (Å²) in [5, 5.41) is 0.587. The highest BCUT2D eigenvalue weighted by Gasteiger charge is 2.32. The van der Waals surface area contributed by atoms with Crippen molar-refractivity contribution in [2.45, 2.75) is 63.7 Å². The Labute approximate surface area is 155 Å². The van der Waals surface area contributed by atoms with Gasteiger partial charge in [-0.15, -0.1) is 0 Å². The van der Waals surface area contributed by atoms with Crippen molar-refractivity contribution < 1.29 is 8.78 Å². The highest BCUT2D eigenvalue weighted by molar-refractivity contribution is 6.31. The van der Waals surface area contributed by atoms with Gasteiger partial charge in [-0.2, -0.15) is 0 Å². The molecule has 0 radical (unpaired) electrons. The SMILES string of the molecule is FCCC=C[C@H]1CC[C@H]([C@H]2CC[C@H](c3c(F)cccc3Cl)CC2)CC1. The zero-order valence-electron chi connectivity index (χ0n) is 14.9. The minimum Gasteiger partial charge on any atom is -0.251 e. The Morgan fingerprint density at radius 2 is 1.60 bits per heavy atom. The lowest BCUT2D eigenvalue weighted by Crippen LogP contribution is -2.25. The molecule has 3 heteroatoms. The number of hydrogen-bond acceptors (Lipinski definition) is 0. The fraction of sp³-hybridized carbons (Fsp3) is 0.636. The maximum absolute atomic E-state index is 14.1. The van der Waals surface area contributed by atoms with Crippen molar-refractivity contribution in [3.8, 4) is 0 Å². The van der Waals surface area contributed by atoms with Crippen LogP contribution >= 0.6 is 11.6 Å². The third kappa shape index (κ3) is 4.84. The van der Waals surface area contributed by atoms with Crippen molar-refractivity contribution in [1.29, 1.82) is 0 Å². The molecule has 0 aromatic heterocycles. The summed E-state index contributed by atoms with van der Waals surface area (Å²) in [6.45, 7) is -0.249. The van der Waals surface area contributed by atoms with Gasteiger partial charge >= 0.3 is 0 Å². The molecule has 25 heavy (non-hydrogen) atoms. The van der Waals surface area contributed by atoms with Crippen LogP contribution in [0.5, 0.6) is 0 Å². The molecule has 1 aromatic carbocycles. The number of hydrogen-bond donors (Lipinski definition) is 0. The van der Waals surface area contributed by atoms with Gasteiger partial charge in [0.2, 0.25) is 0 Å². The normalized spacial score (nSPS) is 30.7. The molecule has 0 bridgehead atoms. The van der Waals surface area contributed by atoms with Crippen LogP contribution in [-0.2, 0) is 0 Å². The lowest BCUT2D eigenvalue weighted by atomic mass is 9.68. The molecule has 0 amide bonds. The Morgan fingerprint density at radius 1 is 0.960 bits per heavy atom. The second kappa shape index (κ2) is 9.16. The van der Waals surface area contributed by atoms with Gasteiger partial charge in [0.1, 0.15) is 5.82 Å². The molecule has 138 valence electrons. The summed E-state index contributed by atoms with van der Waals surface area (Å²) < 4.78 is 26.3. The zero-order valence-corrected chi connectivity index (χ0v) is 15.7. The molecule has 2 aliphatic rings. The van der Waals surface area contributed by atoms with Gasteiger partial charge in [0.15, 0.2) is 0 Å². The average Bonchev–Trinajstić information content (AvgIpc) is 2.63. The van der Waals surface area contributed by atoms with Crippen molar-refractivity contribution in [1.82, 2.24) is 0 Å². The maximum atomic E-state index is 14.1. The highest BCUT2D eigenvalue weighted by Crippen LogP contribution is 2.45. The largest absolute Gasteiger partial charge is 0.251 e. The first-order chi connectivity index (χ1) is 12.2. The quantitative estimate of drug-likeness (QED) is 0.474. The van der Waals surface area contributed by atoms with Crippen LogP contribution in [0.15, 0.2) is 30.4 Å². The van der Waals surface area contributed by atoms with E-state index in [2.05, 4.69) is 6.08 Å². The van der Waals surface area contributed by atoms with Gasteiger partial charge in [-0.05, 0) is 93.6 Å². The molecule has 0 N–H and O–H groups in total. The van der Waals surface area contributed by atoms with E-state index in [1.54, 1.807) is 6.07 Å². The molecule has 2 saturated carbocycles. The Kier molecular flexibility index (Phi) is 6.92. The van der Waals surface area contributed by atoms with E-state index in [4.69, 9.17) is 11.6 Å². The van der Waals surface area contributed by atoms with E-state index < -0.39 is 0 Å². The van der Waals surface area contributed by atoms with Crippen LogP contribution in [-0.4, -0.2) is 6.67 Å². The molecular weight excluding hydrogens is 338 g/mol. The topological polar surface area (TPSA) is 0 Å². The smallest absolute Gasteiger partial charge is 0.128 e. The summed E-state index contributed by atoms with van der Waals surface area (Å²) in [5.74, 6) is 2.40. The highest BCUT2D eigenvalue weighted by atomic mass is 35.5. The fourth-order valence-electron chi connectivity index (χ4n) is 4.94. The van der Waals surface area contributed by atoms with Crippen molar-refractivity contribution in [2.24, 2.45) is 17.8 Å². The van der Waals surface area contributed by atoms with Crippen molar-refractivity contribution in [3.05, 3.63) is 46.8 Å². The lowest BCUT2D eigenvalue weighted by Gasteiger charge is -2.37. The third-order valence-electron chi connectivity index (χ3n) is 6.35. The summed E-state index contributed by atoms with van der Waals surface area (Å²) >= 11 is 6.25. The van der Waals surface area contributed by atoms with Crippen molar-refractivity contribution in [2.75, 3.05) is 6.67 Å². The Balaban J connectivity index is 1.49. The number of benzene rings is 1. The lowest BCUT2D eigenvalue weighted by molar-refractivity contribution is 0.171. The molecule has 0 nitrogen and oxygen atoms in total. The van der Waals surface area contributed by atoms with Crippen LogP contribution in [0.4, 0.5) is 8.78 Å². The second-order valence-electron chi connectivity index (χ2n) is 7.83. The van der Waals surface area contributed by atoms with Gasteiger partial charge in [-0.25, -0.2) is 4.39 Å². The number of alkyl halides is 1. The van der Waals surface area contributed by atoms with E-state index in [9.17, 15) is 8.78 Å². The van der Waals surface area contributed by atoms with Crippen LogP contribution in [0.3, 0.4) is 0 Å². The van der Waals surface area contributed by atoms with E-state index in [1.807, 2.05) is 12.1 Å². The molecule has 0 heterocycles. The number of halogens is 3. The second-order valence-corrected chi connectivity index (χ2v) is 8.23. The molecule has 0 atom stereocenters. The van der Waals surface area contributed by atoms with E-state index in [0.717, 1.165) is 30.2 Å². The van der Waals surface area contributed by atoms with Gasteiger partial charge < -0.3 is 0 Å². The Hall–Kier alpha value is -0.890. The summed E-state index contributed by atoms with van der Waals surface area (Å²) in [4.78, 5) is 0. The molecule has 0 saturated heterocycles. The Bertz CT molecular complexity index is 547. The predicted molar refractivity (Wildman–Crippen MR) is 101 cm³/mol. The first kappa shape index (κ1) is 18.9. The van der Waals surface area contributed by atoms with Crippen LogP contribution < -0.4 is 0 Å². The van der Waals surface area contributed by atoms with Gasteiger partial charge in [0, 0.05) is 10.6 Å². The fourth-order valence-corrected chi connectivity index (χ4v) is 5.26. The molecule has 0 unspecified atom stereocenters. The molecule has 1 aromatic rings. The van der Waals surface area contributed by atoms with Crippen molar-refractivity contribution >= 4 is 11.6 Å². The molecule has 3 rings (SSSR count). The van der Waals surface area contributed by atoms with Gasteiger partial charge in [-0.1, -0.05) is 29.8 Å². The summed E-state index contributed by atoms with van der Waals surface area (Å²) in [6, 6.07) is 5.03. The van der Waals surface area contributed by atoms with E-state index in [1.165, 1.54) is 44.6 Å². The summed E-state index contributed by atoms with van der Waals surface area (Å²) in [6.07, 6.45) is 14.4. The molecular formula is C22H29ClF2. The standard InChI is InChI=1S/C22H29ClF2/c23-20-5-3-6-21(25)22(20)19-13-11-18(12-14-19)17-9-7-16(8-10-17)4-1-2-15-24/h1,3-6,16-19H,2,7-15H2/t16-,17-,18-,19-. The number of allylic oxidation sites excluding steroid dienone is 2. The Morgan fingerprint density at radius 3 is 2.20 bits per heavy atom. The number of rotatable bonds is 5. The minimum atomic E-state index is -0.249. The predicted octanol–water partition coefficient (Wildman–Crippen LogP) is 7.48. The van der Waals surface area contributed by atoms with Crippen LogP contribution in [0.2, 0.25) is 5.02 Å². The summed E-state index contributed by atoms with van der Waals surface area (Å²) in [7, 11) is 0. The molecule has 2 aliphatic carbocycles. The van der Waals surface area contributed by atoms with Gasteiger partial charge in [0.25, 0.3) is 0 Å². The van der Waals surface area contributed by atoms with Crippen LogP contribution in [0, 0.1) is 23.6 Å². The third-order valence-corrected chi connectivity index (χ3v) is 6.68. The molecule has 0 aliphatic heterocycles. The van der Waals surface area contributed by atoms with Gasteiger partial charge in [-0.3, -0.25) is 4.39 Å². The van der Waals surface area contributed by atoms with E-state index in [-0.39, 0.29) is 18.4 Å². The van der Waals surface area contributed by atoms with E-state index >= 15 is 0 Å². The summed E-state index contributed by atoms with van der Waals surface area (Å²) in [5.41, 5.74) is 0.740.